The van der Waals surface area contributed by atoms with E-state index in [4.69, 9.17) is 4.74 Å². The van der Waals surface area contributed by atoms with Crippen molar-refractivity contribution in [1.82, 2.24) is 5.32 Å². The molecule has 1 saturated carbocycles. The molecule has 0 aromatic carbocycles. The Morgan fingerprint density at radius 1 is 1.22 bits per heavy atom. The van der Waals surface area contributed by atoms with Crippen molar-refractivity contribution in [1.29, 1.82) is 0 Å². The van der Waals surface area contributed by atoms with Gasteiger partial charge in [-0.1, -0.05) is 13.8 Å². The molecule has 0 aliphatic heterocycles. The lowest BCUT2D eigenvalue weighted by Crippen LogP contribution is -2.44. The average Bonchev–Trinajstić information content (AvgIpc) is 2.80. The van der Waals surface area contributed by atoms with Crippen molar-refractivity contribution in [2.45, 2.75) is 84.5 Å². The highest BCUT2D eigenvalue weighted by atomic mass is 16.6. The molecule has 4 heteroatoms. The van der Waals surface area contributed by atoms with Crippen LogP contribution in [-0.2, 0) is 4.74 Å². The summed E-state index contributed by atoms with van der Waals surface area (Å²) in [6.07, 6.45) is 2.00. The molecule has 0 saturated heterocycles. The Morgan fingerprint density at radius 3 is 1.94 bits per heavy atom. The fourth-order valence-electron chi connectivity index (χ4n) is 1.85. The van der Waals surface area contributed by atoms with Gasteiger partial charge in [0.25, 0.3) is 0 Å². The van der Waals surface area contributed by atoms with Gasteiger partial charge in [0, 0.05) is 5.54 Å². The predicted octanol–water partition coefficient (Wildman–Crippen LogP) is 3.23. The molecule has 0 spiro atoms. The number of amides is 1. The van der Waals surface area contributed by atoms with Crippen LogP contribution in [0.4, 0.5) is 4.79 Å². The van der Waals surface area contributed by atoms with Gasteiger partial charge in [-0.3, -0.25) is 0 Å². The van der Waals surface area contributed by atoms with E-state index in [9.17, 15) is 9.90 Å². The van der Waals surface area contributed by atoms with Crippen molar-refractivity contribution in [3.63, 3.8) is 0 Å². The van der Waals surface area contributed by atoms with Crippen molar-refractivity contribution in [3.8, 4) is 0 Å². The minimum absolute atomic E-state index is 0.249. The van der Waals surface area contributed by atoms with Crippen molar-refractivity contribution in [3.05, 3.63) is 0 Å². The smallest absolute Gasteiger partial charge is 0.408 e. The summed E-state index contributed by atoms with van der Waals surface area (Å²) in [6, 6.07) is 0. The average molecular weight is 259 g/mol. The number of carbonyl (C=O) groups excluding carboxylic acids is 1. The molecule has 1 aliphatic rings. The van der Waals surface area contributed by atoms with Crippen molar-refractivity contribution in [2.75, 3.05) is 0 Å². The number of carbonyl (C=O) groups is 1. The Bertz CT molecular complexity index is 270. The van der Waals surface area contributed by atoms with Gasteiger partial charge in [0.15, 0.2) is 0 Å². The van der Waals surface area contributed by atoms with Crippen LogP contribution in [0.15, 0.2) is 0 Å². The molecule has 1 rings (SSSR count). The first-order valence-corrected chi connectivity index (χ1v) is 6.75. The van der Waals surface area contributed by atoms with E-state index in [1.165, 1.54) is 0 Å². The van der Waals surface area contributed by atoms with Gasteiger partial charge in [0.1, 0.15) is 5.60 Å². The third kappa shape index (κ3) is 7.54. The maximum atomic E-state index is 11.6. The van der Waals surface area contributed by atoms with Gasteiger partial charge in [0.2, 0.25) is 0 Å². The van der Waals surface area contributed by atoms with Crippen LogP contribution in [0, 0.1) is 0 Å². The molecular weight excluding hydrogens is 230 g/mol. The normalized spacial score (nSPS) is 17.3. The monoisotopic (exact) mass is 259 g/mol. The van der Waals surface area contributed by atoms with E-state index in [0.717, 1.165) is 12.8 Å². The second kappa shape index (κ2) is 5.91. The molecule has 0 atom stereocenters. The maximum absolute atomic E-state index is 11.6. The minimum atomic E-state index is -0.758. The first-order chi connectivity index (χ1) is 8.02. The molecule has 0 radical (unpaired) electrons. The van der Waals surface area contributed by atoms with E-state index in [-0.39, 0.29) is 5.54 Å². The van der Waals surface area contributed by atoms with Crippen LogP contribution in [0.3, 0.4) is 0 Å². The number of alkyl carbamates (subject to hydrolysis) is 1. The van der Waals surface area contributed by atoms with E-state index in [1.54, 1.807) is 13.8 Å². The molecule has 1 aliphatic carbocycles. The molecule has 1 amide bonds. The Hall–Kier alpha value is -0.770. The maximum Gasteiger partial charge on any atom is 0.408 e. The molecule has 0 unspecified atom stereocenters. The van der Waals surface area contributed by atoms with Crippen LogP contribution in [-0.4, -0.2) is 27.9 Å². The third-order valence-electron chi connectivity index (χ3n) is 2.39. The quantitative estimate of drug-likeness (QED) is 0.818. The molecule has 18 heavy (non-hydrogen) atoms. The summed E-state index contributed by atoms with van der Waals surface area (Å²) in [5.74, 6) is 0. The second-order valence-corrected chi connectivity index (χ2v) is 6.40. The standard InChI is InChI=1S/C12H23NO3.C2H6/c1-10(2,3)16-9(14)13-12(6-7-12)8-11(4,5)15;1-2/h15H,6-8H2,1-5H3,(H,13,14);1-2H3. The SMILES string of the molecule is CC.CC(C)(O)CC1(NC(=O)OC(C)(C)C)CC1. The van der Waals surface area contributed by atoms with Crippen LogP contribution < -0.4 is 5.32 Å². The molecular formula is C14H29NO3. The van der Waals surface area contributed by atoms with Gasteiger partial charge in [-0.15, -0.1) is 0 Å². The van der Waals surface area contributed by atoms with Crippen LogP contribution >= 0.6 is 0 Å². The first kappa shape index (κ1) is 17.2. The Kier molecular flexibility index (Phi) is 5.66. The van der Waals surface area contributed by atoms with Gasteiger partial charge >= 0.3 is 6.09 Å². The molecule has 4 nitrogen and oxygen atoms in total. The minimum Gasteiger partial charge on any atom is -0.444 e. The zero-order valence-corrected chi connectivity index (χ0v) is 12.9. The lowest BCUT2D eigenvalue weighted by atomic mass is 9.97. The van der Waals surface area contributed by atoms with E-state index >= 15 is 0 Å². The first-order valence-electron chi connectivity index (χ1n) is 6.75. The highest BCUT2D eigenvalue weighted by molar-refractivity contribution is 5.69. The Balaban J connectivity index is 0.00000137. The van der Waals surface area contributed by atoms with Gasteiger partial charge in [-0.25, -0.2) is 4.79 Å². The molecule has 108 valence electrons. The molecule has 0 aromatic heterocycles. The number of hydrogen-bond donors (Lipinski definition) is 2. The topological polar surface area (TPSA) is 58.6 Å². The van der Waals surface area contributed by atoms with E-state index < -0.39 is 17.3 Å². The number of aliphatic hydroxyl groups is 1. The molecule has 2 N–H and O–H groups in total. The van der Waals surface area contributed by atoms with E-state index in [2.05, 4.69) is 5.32 Å². The Labute approximate surface area is 111 Å². The summed E-state index contributed by atoms with van der Waals surface area (Å²) in [4.78, 5) is 11.6. The summed E-state index contributed by atoms with van der Waals surface area (Å²) >= 11 is 0. The zero-order chi connectivity index (χ0) is 14.6. The van der Waals surface area contributed by atoms with Gasteiger partial charge < -0.3 is 15.2 Å². The molecule has 0 heterocycles. The summed E-state index contributed by atoms with van der Waals surface area (Å²) in [6.45, 7) is 13.0. The fourth-order valence-corrected chi connectivity index (χ4v) is 1.85. The fraction of sp³-hybridized carbons (Fsp3) is 0.929. The number of nitrogens with one attached hydrogen (secondary N) is 1. The summed E-state index contributed by atoms with van der Waals surface area (Å²) in [5.41, 5.74) is -1.49. The van der Waals surface area contributed by atoms with E-state index in [1.807, 2.05) is 34.6 Å². The summed E-state index contributed by atoms with van der Waals surface area (Å²) in [7, 11) is 0. The Morgan fingerprint density at radius 2 is 1.67 bits per heavy atom. The lowest BCUT2D eigenvalue weighted by Gasteiger charge is -2.27. The van der Waals surface area contributed by atoms with Crippen molar-refractivity contribution in [2.24, 2.45) is 0 Å². The molecule has 0 bridgehead atoms. The summed E-state index contributed by atoms with van der Waals surface area (Å²) in [5, 5.41) is 12.6. The predicted molar refractivity (Wildman–Crippen MR) is 73.6 cm³/mol. The number of ether oxygens (including phenoxy) is 1. The highest BCUT2D eigenvalue weighted by Crippen LogP contribution is 2.42. The van der Waals surface area contributed by atoms with Crippen LogP contribution in [0.25, 0.3) is 0 Å². The highest BCUT2D eigenvalue weighted by Gasteiger charge is 2.47. The number of rotatable bonds is 3. The van der Waals surface area contributed by atoms with Crippen LogP contribution in [0.1, 0.15) is 67.7 Å². The van der Waals surface area contributed by atoms with Gasteiger partial charge in [0.05, 0.1) is 5.60 Å². The summed E-state index contributed by atoms with van der Waals surface area (Å²) < 4.78 is 5.20. The van der Waals surface area contributed by atoms with Gasteiger partial charge in [-0.05, 0) is 53.9 Å². The van der Waals surface area contributed by atoms with Crippen molar-refractivity contribution < 1.29 is 14.6 Å². The van der Waals surface area contributed by atoms with Crippen LogP contribution in [0.5, 0.6) is 0 Å². The zero-order valence-electron chi connectivity index (χ0n) is 12.9. The molecule has 0 aromatic rings. The largest absolute Gasteiger partial charge is 0.444 e. The number of hydrogen-bond acceptors (Lipinski definition) is 3. The molecule has 1 fully saturated rings. The van der Waals surface area contributed by atoms with Crippen molar-refractivity contribution >= 4 is 6.09 Å². The second-order valence-electron chi connectivity index (χ2n) is 6.40. The van der Waals surface area contributed by atoms with Gasteiger partial charge in [-0.2, -0.15) is 0 Å². The van der Waals surface area contributed by atoms with E-state index in [0.29, 0.717) is 6.42 Å². The lowest BCUT2D eigenvalue weighted by molar-refractivity contribution is 0.0364. The van der Waals surface area contributed by atoms with Crippen LogP contribution in [0.2, 0.25) is 0 Å². The third-order valence-corrected chi connectivity index (χ3v) is 2.39.